The van der Waals surface area contributed by atoms with Gasteiger partial charge in [0, 0.05) is 6.07 Å². The fourth-order valence-corrected chi connectivity index (χ4v) is 0.711. The zero-order chi connectivity index (χ0) is 12.7. The molecule has 0 unspecified atom stereocenters. The van der Waals surface area contributed by atoms with E-state index in [1.807, 2.05) is 0 Å². The first-order valence-electron chi connectivity index (χ1n) is 3.71. The van der Waals surface area contributed by atoms with Crippen molar-refractivity contribution in [2.45, 2.75) is 0 Å². The van der Waals surface area contributed by atoms with Gasteiger partial charge in [0.15, 0.2) is 11.8 Å². The molecular weight excluding hydrogens is 226 g/mol. The van der Waals surface area contributed by atoms with Crippen LogP contribution in [0.25, 0.3) is 0 Å². The van der Waals surface area contributed by atoms with Gasteiger partial charge in [-0.05, 0) is 12.1 Å². The highest BCUT2D eigenvalue weighted by Gasteiger charge is 2.01. The molecule has 1 aromatic carbocycles. The fraction of sp³-hybridized carbons (Fsp3) is 0. The van der Waals surface area contributed by atoms with Crippen LogP contribution in [0.2, 0.25) is 0 Å². The van der Waals surface area contributed by atoms with Crippen LogP contribution in [0.1, 0.15) is 0 Å². The molecule has 0 saturated heterocycles. The Balaban J connectivity index is 0.000000487. The van der Waals surface area contributed by atoms with Gasteiger partial charge in [-0.15, -0.1) is 10.1 Å². The van der Waals surface area contributed by atoms with E-state index in [0.717, 1.165) is 12.1 Å². The van der Waals surface area contributed by atoms with Crippen molar-refractivity contribution in [1.82, 2.24) is 0 Å². The number of nitrogens with two attached hydrogens (primary N) is 2. The zero-order valence-corrected chi connectivity index (χ0v) is 7.80. The molecule has 0 atom stereocenters. The molecule has 88 valence electrons. The van der Waals surface area contributed by atoms with Crippen molar-refractivity contribution in [2.24, 2.45) is 16.5 Å². The van der Waals surface area contributed by atoms with Crippen molar-refractivity contribution in [3.05, 3.63) is 39.9 Å². The Bertz CT molecular complexity index is 403. The van der Waals surface area contributed by atoms with Crippen molar-refractivity contribution in [3.8, 4) is 0 Å². The summed E-state index contributed by atoms with van der Waals surface area (Å²) in [5, 5.41) is 13.6. The van der Waals surface area contributed by atoms with E-state index in [-0.39, 0.29) is 11.6 Å². The molecule has 0 aliphatic carbocycles. The molecular formula is C7H8F2N4O3. The van der Waals surface area contributed by atoms with E-state index in [2.05, 4.69) is 4.99 Å². The molecule has 0 aliphatic heterocycles. The number of benzene rings is 1. The van der Waals surface area contributed by atoms with E-state index in [1.54, 1.807) is 0 Å². The summed E-state index contributed by atoms with van der Waals surface area (Å²) in [5.74, 6) is -1.72. The lowest BCUT2D eigenvalue weighted by Crippen LogP contribution is -2.22. The van der Waals surface area contributed by atoms with Crippen LogP contribution in [0.15, 0.2) is 23.2 Å². The van der Waals surface area contributed by atoms with Crippen molar-refractivity contribution < 1.29 is 19.1 Å². The zero-order valence-electron chi connectivity index (χ0n) is 7.80. The van der Waals surface area contributed by atoms with Gasteiger partial charge in [-0.1, -0.05) is 0 Å². The largest absolute Gasteiger partial charge is 0.370 e. The standard InChI is InChI=1S/C7H7F2N3.HNO3/c8-4-1-2-6(5(9)3-4)12-7(10)11;2-1(3)4/h1-3H,(H4,10,11,12);(H,2,3,4). The van der Waals surface area contributed by atoms with Gasteiger partial charge in [0.05, 0.1) is 0 Å². The molecule has 0 spiro atoms. The molecule has 5 N–H and O–H groups in total. The number of halogens is 2. The van der Waals surface area contributed by atoms with Crippen molar-refractivity contribution >= 4 is 11.6 Å². The van der Waals surface area contributed by atoms with Gasteiger partial charge in [-0.3, -0.25) is 0 Å². The molecule has 0 aromatic heterocycles. The Kier molecular flexibility index (Phi) is 5.18. The summed E-state index contributed by atoms with van der Waals surface area (Å²) < 4.78 is 25.1. The molecule has 0 fully saturated rings. The maximum absolute atomic E-state index is 12.8. The Morgan fingerprint density at radius 2 is 1.94 bits per heavy atom. The van der Waals surface area contributed by atoms with Crippen LogP contribution in [-0.4, -0.2) is 16.3 Å². The molecule has 1 rings (SSSR count). The summed E-state index contributed by atoms with van der Waals surface area (Å²) in [4.78, 5) is 11.8. The quantitative estimate of drug-likeness (QED) is 0.282. The third kappa shape index (κ3) is 6.07. The number of hydrogen-bond acceptors (Lipinski definition) is 3. The topological polar surface area (TPSA) is 128 Å². The Morgan fingerprint density at radius 3 is 2.31 bits per heavy atom. The highest BCUT2D eigenvalue weighted by atomic mass is 19.1. The second-order valence-electron chi connectivity index (χ2n) is 2.37. The SMILES string of the molecule is NC(N)=Nc1ccc(F)cc1F.O=[N+]([O-])O. The number of hydrogen-bond donors (Lipinski definition) is 3. The molecule has 0 saturated carbocycles. The van der Waals surface area contributed by atoms with Crippen LogP contribution in [0.3, 0.4) is 0 Å². The lowest BCUT2D eigenvalue weighted by molar-refractivity contribution is -0.742. The fourth-order valence-electron chi connectivity index (χ4n) is 0.711. The third-order valence-corrected chi connectivity index (χ3v) is 1.16. The van der Waals surface area contributed by atoms with Gasteiger partial charge in [0.1, 0.15) is 11.5 Å². The van der Waals surface area contributed by atoms with Gasteiger partial charge < -0.3 is 16.7 Å². The second-order valence-corrected chi connectivity index (χ2v) is 2.37. The van der Waals surface area contributed by atoms with E-state index in [4.69, 9.17) is 26.8 Å². The van der Waals surface area contributed by atoms with E-state index in [0.29, 0.717) is 6.07 Å². The van der Waals surface area contributed by atoms with Crippen LogP contribution < -0.4 is 11.5 Å². The van der Waals surface area contributed by atoms with Crippen molar-refractivity contribution in [2.75, 3.05) is 0 Å². The number of nitrogens with zero attached hydrogens (tertiary/aromatic N) is 2. The highest BCUT2D eigenvalue weighted by Crippen LogP contribution is 2.17. The van der Waals surface area contributed by atoms with Crippen molar-refractivity contribution in [3.63, 3.8) is 0 Å². The average molecular weight is 234 g/mol. The average Bonchev–Trinajstić information content (AvgIpc) is 2.08. The van der Waals surface area contributed by atoms with Gasteiger partial charge in [-0.2, -0.15) is 0 Å². The van der Waals surface area contributed by atoms with E-state index >= 15 is 0 Å². The molecule has 9 heteroatoms. The van der Waals surface area contributed by atoms with Crippen LogP contribution in [0, 0.1) is 21.7 Å². The molecule has 7 nitrogen and oxygen atoms in total. The number of aliphatic imine (C=N–C) groups is 1. The molecule has 16 heavy (non-hydrogen) atoms. The van der Waals surface area contributed by atoms with Crippen LogP contribution in [0.4, 0.5) is 14.5 Å². The predicted molar refractivity (Wildman–Crippen MR) is 50.6 cm³/mol. The van der Waals surface area contributed by atoms with E-state index in [9.17, 15) is 8.78 Å². The van der Waals surface area contributed by atoms with E-state index in [1.165, 1.54) is 0 Å². The molecule has 0 aliphatic rings. The first kappa shape index (κ1) is 13.6. The van der Waals surface area contributed by atoms with Crippen LogP contribution >= 0.6 is 0 Å². The van der Waals surface area contributed by atoms with Gasteiger partial charge >= 0.3 is 0 Å². The molecule has 0 amide bonds. The minimum absolute atomic E-state index is 0.0728. The second kappa shape index (κ2) is 6.11. The minimum atomic E-state index is -1.50. The van der Waals surface area contributed by atoms with Gasteiger partial charge in [0.25, 0.3) is 5.09 Å². The minimum Gasteiger partial charge on any atom is -0.370 e. The van der Waals surface area contributed by atoms with Crippen LogP contribution in [-0.2, 0) is 0 Å². The molecule has 0 bridgehead atoms. The van der Waals surface area contributed by atoms with Gasteiger partial charge in [0.2, 0.25) is 0 Å². The third-order valence-electron chi connectivity index (χ3n) is 1.16. The van der Waals surface area contributed by atoms with Crippen LogP contribution in [0.5, 0.6) is 0 Å². The van der Waals surface area contributed by atoms with E-state index < -0.39 is 16.7 Å². The molecule has 1 aromatic rings. The molecule has 0 radical (unpaired) electrons. The summed E-state index contributed by atoms with van der Waals surface area (Å²) in [6.07, 6.45) is 0. The predicted octanol–water partition coefficient (Wildman–Crippen LogP) is 0.522. The summed E-state index contributed by atoms with van der Waals surface area (Å²) in [6, 6.07) is 2.94. The van der Waals surface area contributed by atoms with Crippen molar-refractivity contribution in [1.29, 1.82) is 0 Å². The Hall–Kier alpha value is -2.45. The maximum atomic E-state index is 12.8. The number of rotatable bonds is 1. The normalized spacial score (nSPS) is 8.62. The number of guanidine groups is 1. The lowest BCUT2D eigenvalue weighted by Gasteiger charge is -1.96. The van der Waals surface area contributed by atoms with Gasteiger partial charge in [-0.25, -0.2) is 13.8 Å². The first-order valence-corrected chi connectivity index (χ1v) is 3.71. The summed E-state index contributed by atoms with van der Waals surface area (Å²) >= 11 is 0. The monoisotopic (exact) mass is 234 g/mol. The molecule has 0 heterocycles. The lowest BCUT2D eigenvalue weighted by atomic mass is 10.3. The Labute approximate surface area is 88.1 Å². The first-order chi connectivity index (χ1) is 7.32. The maximum Gasteiger partial charge on any atom is 0.291 e. The Morgan fingerprint density at radius 1 is 1.44 bits per heavy atom. The smallest absolute Gasteiger partial charge is 0.291 e. The summed E-state index contributed by atoms with van der Waals surface area (Å²) in [5.41, 5.74) is 9.92. The highest BCUT2D eigenvalue weighted by molar-refractivity contribution is 5.79. The summed E-state index contributed by atoms with van der Waals surface area (Å²) in [6.45, 7) is 0. The summed E-state index contributed by atoms with van der Waals surface area (Å²) in [7, 11) is 0.